The first-order valence-electron chi connectivity index (χ1n) is 10.1. The fourth-order valence-corrected chi connectivity index (χ4v) is 4.60. The first-order chi connectivity index (χ1) is 14.5. The van der Waals surface area contributed by atoms with Gasteiger partial charge in [0.05, 0.1) is 5.75 Å². The second-order valence-electron chi connectivity index (χ2n) is 7.72. The minimum atomic E-state index is 0.0164. The molecular weight excluding hydrogens is 388 g/mol. The second kappa shape index (κ2) is 8.80. The van der Waals surface area contributed by atoms with Crippen LogP contribution in [0.2, 0.25) is 0 Å². The quantitative estimate of drug-likeness (QED) is 0.373. The molecule has 0 radical (unpaired) electrons. The number of fused-ring (bicyclic) bond motifs is 1. The van der Waals surface area contributed by atoms with Crippen LogP contribution in [-0.4, -0.2) is 16.2 Å². The van der Waals surface area contributed by atoms with E-state index in [-0.39, 0.29) is 5.91 Å². The molecule has 152 valence electrons. The van der Waals surface area contributed by atoms with Crippen LogP contribution in [0.5, 0.6) is 0 Å². The molecule has 0 aliphatic carbocycles. The normalized spacial score (nSPS) is 11.0. The summed E-state index contributed by atoms with van der Waals surface area (Å²) in [5.41, 5.74) is 6.95. The van der Waals surface area contributed by atoms with Gasteiger partial charge in [0.15, 0.2) is 0 Å². The zero-order valence-corrected chi connectivity index (χ0v) is 18.4. The molecule has 0 spiro atoms. The number of thioether (sulfide) groups is 1. The molecule has 1 heterocycles. The van der Waals surface area contributed by atoms with Gasteiger partial charge in [-0.1, -0.05) is 60.2 Å². The van der Waals surface area contributed by atoms with Gasteiger partial charge in [0, 0.05) is 34.2 Å². The Balaban J connectivity index is 1.51. The molecule has 1 amide bonds. The number of hydrogen-bond acceptors (Lipinski definition) is 2. The lowest BCUT2D eigenvalue weighted by Gasteiger charge is -2.09. The van der Waals surface area contributed by atoms with Crippen LogP contribution in [0, 0.1) is 20.8 Å². The van der Waals surface area contributed by atoms with Gasteiger partial charge in [-0.15, -0.1) is 11.8 Å². The van der Waals surface area contributed by atoms with E-state index in [2.05, 4.69) is 84.5 Å². The van der Waals surface area contributed by atoms with Crippen molar-refractivity contribution in [1.82, 2.24) is 4.57 Å². The van der Waals surface area contributed by atoms with Gasteiger partial charge in [0.2, 0.25) is 5.91 Å². The van der Waals surface area contributed by atoms with Crippen molar-refractivity contribution < 1.29 is 4.79 Å². The number of nitrogens with one attached hydrogen (secondary N) is 1. The molecule has 4 rings (SSSR count). The summed E-state index contributed by atoms with van der Waals surface area (Å²) in [4.78, 5) is 13.7. The molecule has 0 aliphatic heterocycles. The minimum absolute atomic E-state index is 0.0164. The predicted octanol–water partition coefficient (Wildman–Crippen LogP) is 6.35. The number of carbonyl (C=O) groups excluding carboxylic acids is 1. The number of para-hydroxylation sites is 1. The Morgan fingerprint density at radius 2 is 1.70 bits per heavy atom. The van der Waals surface area contributed by atoms with Crippen LogP contribution in [0.1, 0.15) is 22.3 Å². The molecule has 0 saturated heterocycles. The second-order valence-corrected chi connectivity index (χ2v) is 8.74. The third-order valence-corrected chi connectivity index (χ3v) is 6.41. The smallest absolute Gasteiger partial charge is 0.234 e. The van der Waals surface area contributed by atoms with Crippen molar-refractivity contribution in [3.63, 3.8) is 0 Å². The van der Waals surface area contributed by atoms with Gasteiger partial charge in [0.1, 0.15) is 0 Å². The summed E-state index contributed by atoms with van der Waals surface area (Å²) in [5, 5.41) is 4.23. The number of aromatic nitrogens is 1. The molecule has 4 heteroatoms. The highest BCUT2D eigenvalue weighted by Crippen LogP contribution is 2.31. The lowest BCUT2D eigenvalue weighted by molar-refractivity contribution is -0.113. The number of aryl methyl sites for hydroxylation is 3. The molecule has 30 heavy (non-hydrogen) atoms. The van der Waals surface area contributed by atoms with E-state index in [9.17, 15) is 4.79 Å². The maximum atomic E-state index is 12.6. The van der Waals surface area contributed by atoms with Crippen molar-refractivity contribution in [1.29, 1.82) is 0 Å². The van der Waals surface area contributed by atoms with Crippen LogP contribution in [0.25, 0.3) is 10.9 Å². The SMILES string of the molecule is Cc1ccc(NC(=O)CSc2cn(Cc3ccccc3C)c3ccccc23)c(C)c1. The Morgan fingerprint density at radius 3 is 2.50 bits per heavy atom. The lowest BCUT2D eigenvalue weighted by atomic mass is 10.1. The highest BCUT2D eigenvalue weighted by atomic mass is 32.2. The molecule has 3 aromatic carbocycles. The highest BCUT2D eigenvalue weighted by molar-refractivity contribution is 8.00. The van der Waals surface area contributed by atoms with Crippen molar-refractivity contribution in [2.45, 2.75) is 32.2 Å². The summed E-state index contributed by atoms with van der Waals surface area (Å²) in [6.45, 7) is 7.05. The van der Waals surface area contributed by atoms with E-state index in [1.165, 1.54) is 27.6 Å². The molecular formula is C26H26N2OS. The Labute approximate surface area is 182 Å². The standard InChI is InChI=1S/C26H26N2OS/c1-18-12-13-23(20(3)14-18)27-26(29)17-30-25-16-28(24-11-7-6-10-22(24)25)15-21-9-5-4-8-19(21)2/h4-14,16H,15,17H2,1-3H3,(H,27,29). The van der Waals surface area contributed by atoms with E-state index in [0.717, 1.165) is 22.7 Å². The minimum Gasteiger partial charge on any atom is -0.342 e. The Bertz CT molecular complexity index is 1210. The van der Waals surface area contributed by atoms with Gasteiger partial charge in [0.25, 0.3) is 0 Å². The molecule has 1 aromatic heterocycles. The first kappa shape index (κ1) is 20.3. The summed E-state index contributed by atoms with van der Waals surface area (Å²) < 4.78 is 2.28. The highest BCUT2D eigenvalue weighted by Gasteiger charge is 2.12. The molecule has 0 bridgehead atoms. The summed E-state index contributed by atoms with van der Waals surface area (Å²) >= 11 is 1.59. The Kier molecular flexibility index (Phi) is 5.96. The van der Waals surface area contributed by atoms with Crippen LogP contribution in [0.4, 0.5) is 5.69 Å². The third-order valence-electron chi connectivity index (χ3n) is 5.37. The van der Waals surface area contributed by atoms with E-state index in [4.69, 9.17) is 0 Å². The summed E-state index contributed by atoms with van der Waals surface area (Å²) in [7, 11) is 0. The fourth-order valence-electron chi connectivity index (χ4n) is 3.71. The van der Waals surface area contributed by atoms with Crippen LogP contribution < -0.4 is 5.32 Å². The number of hydrogen-bond donors (Lipinski definition) is 1. The first-order valence-corrected chi connectivity index (χ1v) is 11.1. The Morgan fingerprint density at radius 1 is 0.933 bits per heavy atom. The largest absolute Gasteiger partial charge is 0.342 e. The van der Waals surface area contributed by atoms with Gasteiger partial charge in [-0.2, -0.15) is 0 Å². The number of carbonyl (C=O) groups is 1. The average Bonchev–Trinajstić information content (AvgIpc) is 3.08. The van der Waals surface area contributed by atoms with E-state index in [0.29, 0.717) is 5.75 Å². The molecule has 0 aliphatic rings. The average molecular weight is 415 g/mol. The third kappa shape index (κ3) is 4.44. The van der Waals surface area contributed by atoms with Crippen molar-refractivity contribution >= 4 is 34.3 Å². The predicted molar refractivity (Wildman–Crippen MR) is 127 cm³/mol. The van der Waals surface area contributed by atoms with Gasteiger partial charge >= 0.3 is 0 Å². The number of anilines is 1. The van der Waals surface area contributed by atoms with Gasteiger partial charge in [-0.25, -0.2) is 0 Å². The molecule has 0 fully saturated rings. The van der Waals surface area contributed by atoms with Crippen LogP contribution in [-0.2, 0) is 11.3 Å². The van der Waals surface area contributed by atoms with Crippen molar-refractivity contribution in [3.05, 3.63) is 95.2 Å². The van der Waals surface area contributed by atoms with Crippen LogP contribution >= 0.6 is 11.8 Å². The summed E-state index contributed by atoms with van der Waals surface area (Å²) in [6.07, 6.45) is 2.17. The number of nitrogens with zero attached hydrogens (tertiary/aromatic N) is 1. The van der Waals surface area contributed by atoms with E-state index >= 15 is 0 Å². The van der Waals surface area contributed by atoms with Gasteiger partial charge in [-0.05, 0) is 49.6 Å². The molecule has 4 aromatic rings. The van der Waals surface area contributed by atoms with Crippen molar-refractivity contribution in [3.8, 4) is 0 Å². The number of benzene rings is 3. The van der Waals surface area contributed by atoms with Crippen molar-refractivity contribution in [2.75, 3.05) is 11.1 Å². The topological polar surface area (TPSA) is 34.0 Å². The zero-order chi connectivity index (χ0) is 21.1. The molecule has 0 unspecified atom stereocenters. The maximum Gasteiger partial charge on any atom is 0.234 e. The maximum absolute atomic E-state index is 12.6. The molecule has 0 saturated carbocycles. The Hall–Kier alpha value is -2.98. The van der Waals surface area contributed by atoms with E-state index in [1.54, 1.807) is 11.8 Å². The molecule has 3 nitrogen and oxygen atoms in total. The summed E-state index contributed by atoms with van der Waals surface area (Å²) in [6, 6.07) is 23.0. The lowest BCUT2D eigenvalue weighted by Crippen LogP contribution is -2.14. The molecule has 1 N–H and O–H groups in total. The zero-order valence-electron chi connectivity index (χ0n) is 17.6. The van der Waals surface area contributed by atoms with Gasteiger partial charge < -0.3 is 9.88 Å². The van der Waals surface area contributed by atoms with E-state index in [1.807, 2.05) is 19.1 Å². The fraction of sp³-hybridized carbons (Fsp3) is 0.192. The van der Waals surface area contributed by atoms with E-state index < -0.39 is 0 Å². The summed E-state index contributed by atoms with van der Waals surface area (Å²) in [5.74, 6) is 0.397. The number of rotatable bonds is 6. The van der Waals surface area contributed by atoms with Crippen LogP contribution in [0.15, 0.2) is 77.8 Å². The van der Waals surface area contributed by atoms with Gasteiger partial charge in [-0.3, -0.25) is 4.79 Å². The monoisotopic (exact) mass is 414 g/mol. The molecule has 0 atom stereocenters. The van der Waals surface area contributed by atoms with Crippen LogP contribution in [0.3, 0.4) is 0 Å². The van der Waals surface area contributed by atoms with Crippen molar-refractivity contribution in [2.24, 2.45) is 0 Å². The number of amides is 1.